The van der Waals surface area contributed by atoms with Crippen LogP contribution in [-0.4, -0.2) is 79.6 Å². The maximum atomic E-state index is 13.1. The lowest BCUT2D eigenvalue weighted by Crippen LogP contribution is -2.48. The summed E-state index contributed by atoms with van der Waals surface area (Å²) in [6.45, 7) is 6.29. The summed E-state index contributed by atoms with van der Waals surface area (Å²) < 4.78 is 19.1. The Balaban J connectivity index is 1.75. The molecule has 0 amide bonds. The highest BCUT2D eigenvalue weighted by molar-refractivity contribution is 6.28. The number of fused-ring (bicyclic) bond motifs is 1. The SMILES string of the molecule is CC(C)[C@H](N)C(=O)O[C@@H]1[C@H](OC(=O)[C@H](N)C(C)C)[C@@H](CO[N+](=O)[O-])O[C@H]1n1cnc2c(NC3CCCC3)nc(Cl)nc21. The number of nitrogens with zero attached hydrogens (tertiary/aromatic N) is 5. The minimum Gasteiger partial charge on any atom is -0.454 e. The molecule has 232 valence electrons. The highest BCUT2D eigenvalue weighted by atomic mass is 35.5. The predicted octanol–water partition coefficient (Wildman–Crippen LogP) is 1.73. The number of hydrogen-bond donors (Lipinski definition) is 3. The Morgan fingerprint density at radius 3 is 2.29 bits per heavy atom. The number of nitrogens with two attached hydrogens (primary N) is 2. The number of esters is 2. The molecule has 0 unspecified atom stereocenters. The van der Waals surface area contributed by atoms with Gasteiger partial charge in [-0.05, 0) is 36.3 Å². The molecule has 42 heavy (non-hydrogen) atoms. The third kappa shape index (κ3) is 6.99. The third-order valence-electron chi connectivity index (χ3n) is 7.48. The van der Waals surface area contributed by atoms with E-state index in [1.165, 1.54) is 10.9 Å². The Morgan fingerprint density at radius 2 is 1.71 bits per heavy atom. The summed E-state index contributed by atoms with van der Waals surface area (Å²) in [5, 5.41) is 13.3. The largest absolute Gasteiger partial charge is 0.454 e. The maximum Gasteiger partial charge on any atom is 0.323 e. The summed E-state index contributed by atoms with van der Waals surface area (Å²) in [5.41, 5.74) is 12.7. The van der Waals surface area contributed by atoms with Gasteiger partial charge in [0.15, 0.2) is 35.4 Å². The normalized spacial score (nSPS) is 24.2. The first-order valence-corrected chi connectivity index (χ1v) is 14.3. The van der Waals surface area contributed by atoms with E-state index in [9.17, 15) is 19.7 Å². The van der Waals surface area contributed by atoms with Crippen molar-refractivity contribution in [3.05, 3.63) is 21.7 Å². The van der Waals surface area contributed by atoms with Crippen LogP contribution in [0.4, 0.5) is 5.82 Å². The number of halogens is 1. The van der Waals surface area contributed by atoms with Crippen molar-refractivity contribution in [3.8, 4) is 0 Å². The van der Waals surface area contributed by atoms with E-state index in [4.69, 9.17) is 37.3 Å². The zero-order valence-corrected chi connectivity index (χ0v) is 24.6. The van der Waals surface area contributed by atoms with E-state index < -0.39 is 60.3 Å². The lowest BCUT2D eigenvalue weighted by atomic mass is 10.0. The van der Waals surface area contributed by atoms with Crippen molar-refractivity contribution in [2.24, 2.45) is 23.3 Å². The smallest absolute Gasteiger partial charge is 0.323 e. The van der Waals surface area contributed by atoms with Crippen molar-refractivity contribution in [2.45, 2.75) is 96.0 Å². The summed E-state index contributed by atoms with van der Waals surface area (Å²) in [7, 11) is 0. The number of carbonyl (C=O) groups is 2. The second-order valence-electron chi connectivity index (χ2n) is 11.2. The number of aromatic nitrogens is 4. The van der Waals surface area contributed by atoms with E-state index in [1.807, 2.05) is 0 Å². The second-order valence-corrected chi connectivity index (χ2v) is 11.6. The molecule has 3 heterocycles. The number of hydrogen-bond acceptors (Lipinski definition) is 14. The van der Waals surface area contributed by atoms with Crippen LogP contribution in [0, 0.1) is 22.0 Å². The highest BCUT2D eigenvalue weighted by Gasteiger charge is 2.52. The van der Waals surface area contributed by atoms with E-state index in [2.05, 4.69) is 25.1 Å². The van der Waals surface area contributed by atoms with Crippen LogP contribution in [-0.2, 0) is 28.6 Å². The monoisotopic (exact) mass is 612 g/mol. The predicted molar refractivity (Wildman–Crippen MR) is 148 cm³/mol. The van der Waals surface area contributed by atoms with E-state index in [0.717, 1.165) is 25.7 Å². The molecule has 1 saturated carbocycles. The Bertz CT molecular complexity index is 1290. The van der Waals surface area contributed by atoms with Crippen LogP contribution in [0.3, 0.4) is 0 Å². The summed E-state index contributed by atoms with van der Waals surface area (Å²) in [6, 6.07) is -1.86. The van der Waals surface area contributed by atoms with Gasteiger partial charge in [-0.2, -0.15) is 9.97 Å². The van der Waals surface area contributed by atoms with Gasteiger partial charge in [0.05, 0.1) is 6.33 Å². The fraction of sp³-hybridized carbons (Fsp3) is 0.720. The van der Waals surface area contributed by atoms with Crippen molar-refractivity contribution < 1.29 is 33.7 Å². The fourth-order valence-corrected chi connectivity index (χ4v) is 5.04. The van der Waals surface area contributed by atoms with Crippen LogP contribution in [0.15, 0.2) is 6.33 Å². The number of anilines is 1. The van der Waals surface area contributed by atoms with Gasteiger partial charge in [0, 0.05) is 6.04 Å². The summed E-state index contributed by atoms with van der Waals surface area (Å²) in [6.07, 6.45) is 0.317. The average molecular weight is 613 g/mol. The van der Waals surface area contributed by atoms with Crippen molar-refractivity contribution in [1.82, 2.24) is 19.5 Å². The molecular weight excluding hydrogens is 576 g/mol. The first kappa shape index (κ1) is 31.6. The van der Waals surface area contributed by atoms with E-state index in [1.54, 1.807) is 27.7 Å². The molecule has 4 rings (SSSR count). The standard InChI is InChI=1S/C25H37ClN8O8/c1-11(2)15(27)23(35)41-18-14(9-39-34(37)38)40-22(19(18)42-24(36)16(28)12(3)4)33-10-29-17-20(30-13-7-5-6-8-13)31-25(26)32-21(17)33/h10-16,18-19,22H,5-9,27-28H2,1-4H3,(H,30,31,32)/t14-,15-,16+,18-,19-,22-/m1/s1. The molecule has 0 spiro atoms. The molecule has 2 aliphatic rings. The van der Waals surface area contributed by atoms with Crippen LogP contribution in [0.1, 0.15) is 59.6 Å². The first-order valence-electron chi connectivity index (χ1n) is 13.9. The summed E-state index contributed by atoms with van der Waals surface area (Å²) in [5.74, 6) is -1.77. The van der Waals surface area contributed by atoms with E-state index in [-0.39, 0.29) is 28.8 Å². The van der Waals surface area contributed by atoms with Crippen LogP contribution < -0.4 is 16.8 Å². The molecule has 16 nitrogen and oxygen atoms in total. The van der Waals surface area contributed by atoms with Crippen LogP contribution in [0.5, 0.6) is 0 Å². The Kier molecular flexibility index (Phi) is 10.0. The molecule has 6 atom stereocenters. The van der Waals surface area contributed by atoms with Gasteiger partial charge in [0.2, 0.25) is 5.28 Å². The van der Waals surface area contributed by atoms with Crippen LogP contribution >= 0.6 is 11.6 Å². The molecule has 1 saturated heterocycles. The Morgan fingerprint density at radius 1 is 1.12 bits per heavy atom. The van der Waals surface area contributed by atoms with Gasteiger partial charge in [0.25, 0.3) is 5.09 Å². The number of rotatable bonds is 12. The molecular formula is C25H37ClN8O8. The molecule has 17 heteroatoms. The summed E-state index contributed by atoms with van der Waals surface area (Å²) in [4.78, 5) is 54.8. The van der Waals surface area contributed by atoms with Crippen molar-refractivity contribution in [3.63, 3.8) is 0 Å². The quantitative estimate of drug-likeness (QED) is 0.134. The molecule has 0 aromatic carbocycles. The van der Waals surface area contributed by atoms with Gasteiger partial charge in [-0.1, -0.05) is 40.5 Å². The highest BCUT2D eigenvalue weighted by Crippen LogP contribution is 2.37. The van der Waals surface area contributed by atoms with Gasteiger partial charge >= 0.3 is 11.9 Å². The molecule has 0 bridgehead atoms. The number of imidazole rings is 1. The molecule has 2 aromatic rings. The molecule has 2 fully saturated rings. The Hall–Kier alpha value is -3.34. The Labute approximate surface area is 246 Å². The molecule has 1 aliphatic carbocycles. The van der Waals surface area contributed by atoms with Crippen LogP contribution in [0.25, 0.3) is 11.2 Å². The van der Waals surface area contributed by atoms with Gasteiger partial charge < -0.3 is 35.8 Å². The summed E-state index contributed by atoms with van der Waals surface area (Å²) >= 11 is 6.29. The van der Waals surface area contributed by atoms with Crippen molar-refractivity contribution >= 4 is 40.5 Å². The van der Waals surface area contributed by atoms with Crippen molar-refractivity contribution in [1.29, 1.82) is 0 Å². The molecule has 0 radical (unpaired) electrons. The van der Waals surface area contributed by atoms with Gasteiger partial charge in [-0.3, -0.25) is 14.2 Å². The zero-order valence-electron chi connectivity index (χ0n) is 23.8. The maximum absolute atomic E-state index is 13.1. The van der Waals surface area contributed by atoms with Gasteiger partial charge in [0.1, 0.15) is 24.8 Å². The minimum absolute atomic E-state index is 0.0720. The second kappa shape index (κ2) is 13.3. The molecule has 1 aliphatic heterocycles. The first-order chi connectivity index (χ1) is 19.9. The zero-order chi connectivity index (χ0) is 30.7. The van der Waals surface area contributed by atoms with E-state index in [0.29, 0.717) is 11.3 Å². The lowest BCUT2D eigenvalue weighted by molar-refractivity contribution is -0.759. The lowest BCUT2D eigenvalue weighted by Gasteiger charge is -2.27. The third-order valence-corrected chi connectivity index (χ3v) is 7.65. The minimum atomic E-state index is -1.36. The van der Waals surface area contributed by atoms with E-state index >= 15 is 0 Å². The average Bonchev–Trinajstić information content (AvgIpc) is 3.66. The number of ether oxygens (including phenoxy) is 3. The van der Waals surface area contributed by atoms with Crippen LogP contribution in [0.2, 0.25) is 5.28 Å². The molecule has 5 N–H and O–H groups in total. The fourth-order valence-electron chi connectivity index (χ4n) is 4.88. The van der Waals surface area contributed by atoms with Gasteiger partial charge in [-0.15, -0.1) is 10.1 Å². The van der Waals surface area contributed by atoms with Gasteiger partial charge in [-0.25, -0.2) is 4.98 Å². The number of nitrogens with one attached hydrogen (secondary N) is 1. The topological polar surface area (TPSA) is 222 Å². The molecule has 2 aromatic heterocycles. The van der Waals surface area contributed by atoms with Crippen molar-refractivity contribution in [2.75, 3.05) is 11.9 Å². The number of carbonyl (C=O) groups excluding carboxylic acids is 2.